The van der Waals surface area contributed by atoms with Crippen LogP contribution in [0.4, 0.5) is 5.69 Å². The summed E-state index contributed by atoms with van der Waals surface area (Å²) in [5, 5.41) is 5.58. The molecule has 0 saturated carbocycles. The highest BCUT2D eigenvalue weighted by Gasteiger charge is 2.33. The summed E-state index contributed by atoms with van der Waals surface area (Å²) in [6.07, 6.45) is 1.86. The summed E-state index contributed by atoms with van der Waals surface area (Å²) in [5.41, 5.74) is 3.58. The molecule has 50 heavy (non-hydrogen) atoms. The first kappa shape index (κ1) is 32.9. The fourth-order valence-electron chi connectivity index (χ4n) is 6.09. The SMILES string of the molecule is COc1ccc([C@@H]2C(C(=O)Nc3ccccc3)=C(C)N=c3s/c(=C\c4c(OCc5ccc(Cl)cc5)ccc5ccccc45)c(=O)n32)cc1OC. The number of carbonyl (C=O) groups is 1. The second kappa shape index (κ2) is 14.1. The molecule has 0 unspecified atom stereocenters. The molecule has 0 aliphatic carbocycles. The molecule has 250 valence electrons. The number of methoxy groups -OCH3 is 2. The van der Waals surface area contributed by atoms with Crippen LogP contribution in [-0.4, -0.2) is 24.7 Å². The second-order valence-electron chi connectivity index (χ2n) is 11.6. The fourth-order valence-corrected chi connectivity index (χ4v) is 7.25. The molecule has 0 radical (unpaired) electrons. The molecule has 1 aromatic heterocycles. The van der Waals surface area contributed by atoms with E-state index in [4.69, 9.17) is 30.8 Å². The van der Waals surface area contributed by atoms with Gasteiger partial charge in [0.2, 0.25) is 0 Å². The molecular weight excluding hydrogens is 670 g/mol. The topological polar surface area (TPSA) is 91.2 Å². The Balaban J connectivity index is 1.39. The molecule has 5 aromatic carbocycles. The molecule has 0 bridgehead atoms. The molecule has 8 nitrogen and oxygen atoms in total. The number of allylic oxidation sites excluding steroid dienone is 1. The normalized spacial score (nSPS) is 14.2. The predicted molar refractivity (Wildman–Crippen MR) is 198 cm³/mol. The lowest BCUT2D eigenvalue weighted by molar-refractivity contribution is -0.113. The summed E-state index contributed by atoms with van der Waals surface area (Å²) in [4.78, 5) is 33.9. The van der Waals surface area contributed by atoms with Gasteiger partial charge in [-0.2, -0.15) is 0 Å². The Hall–Kier alpha value is -5.64. The van der Waals surface area contributed by atoms with E-state index in [1.165, 1.54) is 11.3 Å². The molecule has 1 aliphatic heterocycles. The van der Waals surface area contributed by atoms with Crippen molar-refractivity contribution in [1.82, 2.24) is 4.57 Å². The minimum Gasteiger partial charge on any atom is -0.493 e. The number of thiazole rings is 1. The van der Waals surface area contributed by atoms with Crippen molar-refractivity contribution in [3.05, 3.63) is 162 Å². The van der Waals surface area contributed by atoms with Gasteiger partial charge in [0.1, 0.15) is 12.4 Å². The number of carbonyl (C=O) groups excluding carboxylic acids is 1. The van der Waals surface area contributed by atoms with Gasteiger partial charge in [-0.25, -0.2) is 4.99 Å². The highest BCUT2D eigenvalue weighted by Crippen LogP contribution is 2.36. The van der Waals surface area contributed by atoms with Crippen molar-refractivity contribution in [1.29, 1.82) is 0 Å². The number of anilines is 1. The molecule has 1 amide bonds. The number of ether oxygens (including phenoxy) is 3. The molecular formula is C40H32ClN3O5S. The van der Waals surface area contributed by atoms with E-state index in [9.17, 15) is 9.59 Å². The first-order chi connectivity index (χ1) is 24.3. The van der Waals surface area contributed by atoms with Gasteiger partial charge in [-0.3, -0.25) is 14.2 Å². The van der Waals surface area contributed by atoms with E-state index >= 15 is 0 Å². The van der Waals surface area contributed by atoms with E-state index in [0.29, 0.717) is 60.7 Å². The average Bonchev–Trinajstić information content (AvgIpc) is 3.44. The van der Waals surface area contributed by atoms with Crippen LogP contribution in [0.15, 0.2) is 130 Å². The van der Waals surface area contributed by atoms with Crippen LogP contribution in [0.2, 0.25) is 5.02 Å². The van der Waals surface area contributed by atoms with E-state index < -0.39 is 6.04 Å². The number of para-hydroxylation sites is 1. The van der Waals surface area contributed by atoms with Gasteiger partial charge in [0.25, 0.3) is 11.5 Å². The Bertz CT molecular complexity index is 2450. The first-order valence-electron chi connectivity index (χ1n) is 15.8. The van der Waals surface area contributed by atoms with Crippen LogP contribution in [-0.2, 0) is 11.4 Å². The Morgan fingerprint density at radius 2 is 1.62 bits per heavy atom. The van der Waals surface area contributed by atoms with Crippen molar-refractivity contribution in [2.75, 3.05) is 19.5 Å². The van der Waals surface area contributed by atoms with Crippen molar-refractivity contribution in [2.24, 2.45) is 4.99 Å². The Morgan fingerprint density at radius 1 is 0.900 bits per heavy atom. The summed E-state index contributed by atoms with van der Waals surface area (Å²) in [5.74, 6) is 1.27. The van der Waals surface area contributed by atoms with Crippen LogP contribution in [0, 0.1) is 0 Å². The summed E-state index contributed by atoms with van der Waals surface area (Å²) in [7, 11) is 3.11. The van der Waals surface area contributed by atoms with Crippen LogP contribution in [0.25, 0.3) is 16.8 Å². The summed E-state index contributed by atoms with van der Waals surface area (Å²) in [6, 6.07) is 33.2. The lowest BCUT2D eigenvalue weighted by Gasteiger charge is -2.26. The van der Waals surface area contributed by atoms with Gasteiger partial charge in [-0.05, 0) is 77.4 Å². The van der Waals surface area contributed by atoms with Crippen molar-refractivity contribution in [2.45, 2.75) is 19.6 Å². The van der Waals surface area contributed by atoms with Gasteiger partial charge in [0.05, 0.1) is 36.1 Å². The minimum absolute atomic E-state index is 0.289. The summed E-state index contributed by atoms with van der Waals surface area (Å²) < 4.78 is 19.5. The quantitative estimate of drug-likeness (QED) is 0.171. The fraction of sp³-hybridized carbons (Fsp3) is 0.125. The van der Waals surface area contributed by atoms with Gasteiger partial charge in [-0.1, -0.05) is 89.7 Å². The number of rotatable bonds is 9. The summed E-state index contributed by atoms with van der Waals surface area (Å²) >= 11 is 7.36. The zero-order chi connectivity index (χ0) is 34.8. The maximum atomic E-state index is 14.6. The number of aromatic nitrogens is 1. The van der Waals surface area contributed by atoms with Crippen LogP contribution in [0.1, 0.15) is 29.7 Å². The van der Waals surface area contributed by atoms with Crippen molar-refractivity contribution in [3.8, 4) is 17.2 Å². The van der Waals surface area contributed by atoms with Crippen LogP contribution >= 0.6 is 22.9 Å². The Morgan fingerprint density at radius 3 is 2.38 bits per heavy atom. The highest BCUT2D eigenvalue weighted by molar-refractivity contribution is 7.07. The third-order valence-electron chi connectivity index (χ3n) is 8.54. The largest absolute Gasteiger partial charge is 0.493 e. The average molecular weight is 702 g/mol. The molecule has 1 aliphatic rings. The van der Waals surface area contributed by atoms with Crippen LogP contribution < -0.4 is 34.4 Å². The Labute approximate surface area is 297 Å². The van der Waals surface area contributed by atoms with Gasteiger partial charge >= 0.3 is 0 Å². The number of hydrogen-bond donors (Lipinski definition) is 1. The molecule has 0 fully saturated rings. The molecule has 2 heterocycles. The molecule has 6 aromatic rings. The zero-order valence-electron chi connectivity index (χ0n) is 27.5. The van der Waals surface area contributed by atoms with E-state index in [2.05, 4.69) is 5.32 Å². The van der Waals surface area contributed by atoms with E-state index in [1.54, 1.807) is 37.8 Å². The molecule has 10 heteroatoms. The van der Waals surface area contributed by atoms with Gasteiger partial charge < -0.3 is 19.5 Å². The number of benzene rings is 5. The highest BCUT2D eigenvalue weighted by atomic mass is 35.5. The third kappa shape index (κ3) is 6.41. The van der Waals surface area contributed by atoms with Gasteiger partial charge in [-0.15, -0.1) is 0 Å². The van der Waals surface area contributed by atoms with E-state index in [0.717, 1.165) is 21.9 Å². The van der Waals surface area contributed by atoms with E-state index in [-0.39, 0.29) is 11.5 Å². The number of amides is 1. The maximum absolute atomic E-state index is 14.6. The number of halogens is 1. The maximum Gasteiger partial charge on any atom is 0.271 e. The minimum atomic E-state index is -0.801. The van der Waals surface area contributed by atoms with Crippen LogP contribution in [0.3, 0.4) is 0 Å². The summed E-state index contributed by atoms with van der Waals surface area (Å²) in [6.45, 7) is 2.11. The van der Waals surface area contributed by atoms with Crippen molar-refractivity contribution in [3.63, 3.8) is 0 Å². The van der Waals surface area contributed by atoms with Crippen molar-refractivity contribution < 1.29 is 19.0 Å². The number of hydrogen-bond acceptors (Lipinski definition) is 7. The molecule has 0 spiro atoms. The zero-order valence-corrected chi connectivity index (χ0v) is 29.0. The standard InChI is InChI=1S/C40H32ClN3O5S/c1-24-36(38(45)43-29-10-5-4-6-11-29)37(27-16-20-33(47-2)34(21-27)48-3)44-39(46)35(50-40(44)42-24)22-31-30-12-8-7-9-26(30)15-19-32(31)49-23-25-13-17-28(41)18-14-25/h4-22,37H,23H2,1-3H3,(H,43,45)/b35-22-/t37-/m1/s1. The number of nitrogens with zero attached hydrogens (tertiary/aromatic N) is 2. The van der Waals surface area contributed by atoms with Crippen LogP contribution in [0.5, 0.6) is 17.2 Å². The van der Waals surface area contributed by atoms with Crippen molar-refractivity contribution >= 4 is 51.4 Å². The first-order valence-corrected chi connectivity index (χ1v) is 17.0. The lowest BCUT2D eigenvalue weighted by Crippen LogP contribution is -2.40. The number of fused-ring (bicyclic) bond motifs is 2. The van der Waals surface area contributed by atoms with Gasteiger partial charge in [0.15, 0.2) is 16.3 Å². The lowest BCUT2D eigenvalue weighted by atomic mass is 9.94. The molecule has 1 N–H and O–H groups in total. The third-order valence-corrected chi connectivity index (χ3v) is 9.77. The van der Waals surface area contributed by atoms with E-state index in [1.807, 2.05) is 103 Å². The number of nitrogens with one attached hydrogen (secondary N) is 1. The smallest absolute Gasteiger partial charge is 0.271 e. The second-order valence-corrected chi connectivity index (χ2v) is 13.1. The molecule has 0 saturated heterocycles. The predicted octanol–water partition coefficient (Wildman–Crippen LogP) is 7.28. The monoisotopic (exact) mass is 701 g/mol. The Kier molecular flexibility index (Phi) is 9.25. The van der Waals surface area contributed by atoms with Gasteiger partial charge in [0, 0.05) is 16.3 Å². The molecule has 7 rings (SSSR count). The molecule has 1 atom stereocenters.